The Bertz CT molecular complexity index is 511. The molecule has 4 heteroatoms. The molecule has 0 spiro atoms. The van der Waals surface area contributed by atoms with Gasteiger partial charge in [-0.1, -0.05) is 19.1 Å². The minimum Gasteiger partial charge on any atom is -0.478 e. The van der Waals surface area contributed by atoms with E-state index in [-0.39, 0.29) is 5.91 Å². The summed E-state index contributed by atoms with van der Waals surface area (Å²) in [7, 11) is 0. The van der Waals surface area contributed by atoms with Gasteiger partial charge in [0.05, 0.1) is 0 Å². The van der Waals surface area contributed by atoms with E-state index >= 15 is 0 Å². The van der Waals surface area contributed by atoms with Crippen molar-refractivity contribution < 1.29 is 14.7 Å². The van der Waals surface area contributed by atoms with E-state index < -0.39 is 5.97 Å². The summed E-state index contributed by atoms with van der Waals surface area (Å²) in [6.45, 7) is 3.85. The fourth-order valence-electron chi connectivity index (χ4n) is 2.30. The first kappa shape index (κ1) is 14.3. The number of likely N-dealkylation sites (tertiary alicyclic amines) is 1. The first-order valence-corrected chi connectivity index (χ1v) is 6.86. The average molecular weight is 273 g/mol. The third-order valence-electron chi connectivity index (χ3n) is 3.65. The van der Waals surface area contributed by atoms with E-state index in [1.54, 1.807) is 24.3 Å². The lowest BCUT2D eigenvalue weighted by Gasteiger charge is -2.30. The van der Waals surface area contributed by atoms with Crippen molar-refractivity contribution >= 4 is 18.0 Å². The Kier molecular flexibility index (Phi) is 4.56. The van der Waals surface area contributed by atoms with E-state index in [4.69, 9.17) is 5.11 Å². The molecular formula is C16H19NO3. The highest BCUT2D eigenvalue weighted by molar-refractivity contribution is 5.94. The number of benzene rings is 1. The fraction of sp³-hybridized carbons (Fsp3) is 0.375. The summed E-state index contributed by atoms with van der Waals surface area (Å²) in [5.41, 5.74) is 1.43. The zero-order chi connectivity index (χ0) is 14.5. The molecule has 1 N–H and O–H groups in total. The van der Waals surface area contributed by atoms with Crippen molar-refractivity contribution in [2.45, 2.75) is 19.8 Å². The minimum absolute atomic E-state index is 0.0608. The quantitative estimate of drug-likeness (QED) is 0.861. The monoisotopic (exact) mass is 273 g/mol. The Morgan fingerprint density at radius 3 is 2.35 bits per heavy atom. The number of carboxylic acid groups (broad SMARTS) is 1. The molecule has 0 aromatic heterocycles. The molecule has 0 bridgehead atoms. The smallest absolute Gasteiger partial charge is 0.328 e. The number of carboxylic acids is 1. The van der Waals surface area contributed by atoms with Gasteiger partial charge in [0.1, 0.15) is 0 Å². The summed E-state index contributed by atoms with van der Waals surface area (Å²) < 4.78 is 0. The van der Waals surface area contributed by atoms with E-state index in [1.165, 1.54) is 6.08 Å². The van der Waals surface area contributed by atoms with Gasteiger partial charge >= 0.3 is 5.97 Å². The molecule has 1 aromatic rings. The number of rotatable bonds is 3. The van der Waals surface area contributed by atoms with Gasteiger partial charge in [-0.2, -0.15) is 0 Å². The summed E-state index contributed by atoms with van der Waals surface area (Å²) in [6, 6.07) is 7.03. The van der Waals surface area contributed by atoms with Gasteiger partial charge in [-0.25, -0.2) is 4.79 Å². The molecule has 1 fully saturated rings. The Morgan fingerprint density at radius 2 is 1.80 bits per heavy atom. The third-order valence-corrected chi connectivity index (χ3v) is 3.65. The van der Waals surface area contributed by atoms with Crippen LogP contribution in [0.4, 0.5) is 0 Å². The van der Waals surface area contributed by atoms with E-state index in [9.17, 15) is 9.59 Å². The Morgan fingerprint density at radius 1 is 1.20 bits per heavy atom. The lowest BCUT2D eigenvalue weighted by Crippen LogP contribution is -2.37. The number of aliphatic carboxylic acids is 1. The molecule has 1 saturated heterocycles. The summed E-state index contributed by atoms with van der Waals surface area (Å²) in [5, 5.41) is 8.56. The lowest BCUT2D eigenvalue weighted by atomic mass is 9.98. The molecule has 4 nitrogen and oxygen atoms in total. The standard InChI is InChI=1S/C16H19NO3/c1-12-8-10-17(11-9-12)16(20)14-5-2-13(3-6-14)4-7-15(18)19/h2-7,12H,8-11H2,1H3,(H,18,19)/b7-4+. The molecule has 106 valence electrons. The van der Waals surface area contributed by atoms with Crippen LogP contribution in [0.3, 0.4) is 0 Å². The second kappa shape index (κ2) is 6.37. The van der Waals surface area contributed by atoms with Gasteiger partial charge in [-0.3, -0.25) is 4.79 Å². The fourth-order valence-corrected chi connectivity index (χ4v) is 2.30. The third kappa shape index (κ3) is 3.70. The largest absolute Gasteiger partial charge is 0.478 e. The van der Waals surface area contributed by atoms with Crippen LogP contribution in [0.15, 0.2) is 30.3 Å². The summed E-state index contributed by atoms with van der Waals surface area (Å²) in [6.07, 6.45) is 4.72. The molecule has 0 saturated carbocycles. The Labute approximate surface area is 118 Å². The molecule has 0 radical (unpaired) electrons. The molecule has 1 heterocycles. The summed E-state index contributed by atoms with van der Waals surface area (Å²) in [4.78, 5) is 24.6. The van der Waals surface area contributed by atoms with Gasteiger partial charge in [0.15, 0.2) is 0 Å². The molecule has 2 rings (SSSR count). The first-order valence-electron chi connectivity index (χ1n) is 6.86. The maximum Gasteiger partial charge on any atom is 0.328 e. The van der Waals surface area contributed by atoms with Crippen molar-refractivity contribution in [1.82, 2.24) is 4.90 Å². The van der Waals surface area contributed by atoms with Crippen molar-refractivity contribution in [3.63, 3.8) is 0 Å². The normalized spacial score (nSPS) is 16.6. The van der Waals surface area contributed by atoms with Gasteiger partial charge in [-0.05, 0) is 42.5 Å². The molecule has 1 aromatic carbocycles. The minimum atomic E-state index is -0.979. The molecular weight excluding hydrogens is 254 g/mol. The van der Waals surface area contributed by atoms with E-state index in [0.717, 1.165) is 37.6 Å². The first-order chi connectivity index (χ1) is 9.56. The Hall–Kier alpha value is -2.10. The summed E-state index contributed by atoms with van der Waals surface area (Å²) in [5.74, 6) is -0.221. The highest BCUT2D eigenvalue weighted by Gasteiger charge is 2.21. The molecule has 20 heavy (non-hydrogen) atoms. The highest BCUT2D eigenvalue weighted by atomic mass is 16.4. The number of hydrogen-bond donors (Lipinski definition) is 1. The number of hydrogen-bond acceptors (Lipinski definition) is 2. The number of nitrogens with zero attached hydrogens (tertiary/aromatic N) is 1. The van der Waals surface area contributed by atoms with Crippen LogP contribution in [-0.4, -0.2) is 35.0 Å². The number of carbonyl (C=O) groups is 2. The van der Waals surface area contributed by atoms with E-state index in [0.29, 0.717) is 11.5 Å². The number of carbonyl (C=O) groups excluding carboxylic acids is 1. The maximum atomic E-state index is 12.3. The van der Waals surface area contributed by atoms with Crippen LogP contribution in [0.5, 0.6) is 0 Å². The van der Waals surface area contributed by atoms with Crippen LogP contribution >= 0.6 is 0 Å². The van der Waals surface area contributed by atoms with E-state index in [2.05, 4.69) is 6.92 Å². The van der Waals surface area contributed by atoms with Gasteiger partial charge in [0, 0.05) is 24.7 Å². The molecule has 0 unspecified atom stereocenters. The van der Waals surface area contributed by atoms with Crippen LogP contribution < -0.4 is 0 Å². The summed E-state index contributed by atoms with van der Waals surface area (Å²) >= 11 is 0. The van der Waals surface area contributed by atoms with Gasteiger partial charge in [-0.15, -0.1) is 0 Å². The average Bonchev–Trinajstić information content (AvgIpc) is 2.46. The van der Waals surface area contributed by atoms with Crippen molar-refractivity contribution in [2.24, 2.45) is 5.92 Å². The molecule has 1 aliphatic heterocycles. The zero-order valence-electron chi connectivity index (χ0n) is 11.6. The van der Waals surface area contributed by atoms with Crippen LogP contribution in [0.1, 0.15) is 35.7 Å². The predicted octanol–water partition coefficient (Wildman–Crippen LogP) is 2.66. The highest BCUT2D eigenvalue weighted by Crippen LogP contribution is 2.18. The van der Waals surface area contributed by atoms with Crippen LogP contribution in [0, 0.1) is 5.92 Å². The van der Waals surface area contributed by atoms with Crippen LogP contribution in [0.2, 0.25) is 0 Å². The Balaban J connectivity index is 2.02. The lowest BCUT2D eigenvalue weighted by molar-refractivity contribution is -0.131. The van der Waals surface area contributed by atoms with E-state index in [1.807, 2.05) is 4.90 Å². The van der Waals surface area contributed by atoms with Gasteiger partial charge < -0.3 is 10.0 Å². The van der Waals surface area contributed by atoms with Crippen molar-refractivity contribution in [3.05, 3.63) is 41.5 Å². The van der Waals surface area contributed by atoms with Crippen molar-refractivity contribution in [3.8, 4) is 0 Å². The topological polar surface area (TPSA) is 57.6 Å². The molecule has 0 atom stereocenters. The van der Waals surface area contributed by atoms with Gasteiger partial charge in [0.25, 0.3) is 5.91 Å². The molecule has 1 amide bonds. The SMILES string of the molecule is CC1CCN(C(=O)c2ccc(/C=C/C(=O)O)cc2)CC1. The molecule has 0 aliphatic carbocycles. The van der Waals surface area contributed by atoms with Crippen LogP contribution in [-0.2, 0) is 4.79 Å². The number of piperidine rings is 1. The molecule has 1 aliphatic rings. The van der Waals surface area contributed by atoms with Crippen LogP contribution in [0.25, 0.3) is 6.08 Å². The van der Waals surface area contributed by atoms with Crippen molar-refractivity contribution in [2.75, 3.05) is 13.1 Å². The van der Waals surface area contributed by atoms with Crippen molar-refractivity contribution in [1.29, 1.82) is 0 Å². The van der Waals surface area contributed by atoms with Gasteiger partial charge in [0.2, 0.25) is 0 Å². The maximum absolute atomic E-state index is 12.3. The second-order valence-electron chi connectivity index (χ2n) is 5.27. The zero-order valence-corrected chi connectivity index (χ0v) is 11.6. The second-order valence-corrected chi connectivity index (χ2v) is 5.27. The number of amides is 1. The predicted molar refractivity (Wildman–Crippen MR) is 77.4 cm³/mol.